The lowest BCUT2D eigenvalue weighted by Crippen LogP contribution is -2.50. The Morgan fingerprint density at radius 1 is 1.17 bits per heavy atom. The van der Waals surface area contributed by atoms with E-state index in [4.69, 9.17) is 4.43 Å². The zero-order valence-corrected chi connectivity index (χ0v) is 21.6. The third-order valence-electron chi connectivity index (χ3n) is 9.09. The fourth-order valence-corrected chi connectivity index (χ4v) is 7.31. The van der Waals surface area contributed by atoms with Crippen molar-refractivity contribution in [2.75, 3.05) is 0 Å². The molecule has 0 radical (unpaired) electrons. The minimum atomic E-state index is -1.78. The standard InChI is InChI=1S/C25H47NO2Si/c1-17(2)22(27)15-19(16-26)18(3)20-12-13-21-23(11-10-14-25(20,21)7)28-29(8,9)24(4,5)6/h17-23,27H,10-15H2,1-9H3/t18-,19?,20?,21+,22-,23+,25-/m1/s1. The maximum Gasteiger partial charge on any atom is 0.192 e. The molecule has 0 heterocycles. The van der Waals surface area contributed by atoms with Gasteiger partial charge in [-0.3, -0.25) is 0 Å². The van der Waals surface area contributed by atoms with E-state index in [0.717, 1.165) is 0 Å². The molecular formula is C25H47NO2Si. The second kappa shape index (κ2) is 9.01. The first-order chi connectivity index (χ1) is 13.2. The van der Waals surface area contributed by atoms with Gasteiger partial charge in [-0.1, -0.05) is 54.9 Å². The van der Waals surface area contributed by atoms with E-state index in [-0.39, 0.29) is 28.4 Å². The summed E-state index contributed by atoms with van der Waals surface area (Å²) >= 11 is 0. The predicted molar refractivity (Wildman–Crippen MR) is 124 cm³/mol. The van der Waals surface area contributed by atoms with Crippen LogP contribution in [-0.4, -0.2) is 25.6 Å². The number of nitriles is 1. The Bertz CT molecular complexity index is 591. The molecule has 3 nitrogen and oxygen atoms in total. The molecule has 2 aliphatic rings. The molecule has 0 bridgehead atoms. The van der Waals surface area contributed by atoms with Crippen molar-refractivity contribution in [3.8, 4) is 6.07 Å². The van der Waals surface area contributed by atoms with Crippen LogP contribution < -0.4 is 0 Å². The molecule has 0 aromatic carbocycles. The first-order valence-electron chi connectivity index (χ1n) is 12.0. The van der Waals surface area contributed by atoms with Gasteiger partial charge in [0.25, 0.3) is 0 Å². The summed E-state index contributed by atoms with van der Waals surface area (Å²) < 4.78 is 6.97. The average molecular weight is 422 g/mol. The number of rotatable bonds is 7. The van der Waals surface area contributed by atoms with E-state index in [2.05, 4.69) is 53.8 Å². The van der Waals surface area contributed by atoms with Gasteiger partial charge in [0, 0.05) is 6.10 Å². The van der Waals surface area contributed by atoms with Crippen molar-refractivity contribution < 1.29 is 9.53 Å². The summed E-state index contributed by atoms with van der Waals surface area (Å²) in [4.78, 5) is 0. The molecule has 2 rings (SSSR count). The van der Waals surface area contributed by atoms with Gasteiger partial charge < -0.3 is 9.53 Å². The molecule has 0 aliphatic heterocycles. The Morgan fingerprint density at radius 3 is 2.31 bits per heavy atom. The SMILES string of the molecule is CC(C)[C@H](O)CC(C#N)[C@@H](C)C1CC[C@H]2[C@@H](O[Si](C)(C)C(C)(C)C)CCC[C@]12C. The van der Waals surface area contributed by atoms with Crippen molar-refractivity contribution in [2.45, 2.75) is 117 Å². The highest BCUT2D eigenvalue weighted by Gasteiger charge is 2.55. The molecule has 2 unspecified atom stereocenters. The van der Waals surface area contributed by atoms with Gasteiger partial charge in [-0.25, -0.2) is 0 Å². The van der Waals surface area contributed by atoms with Crippen molar-refractivity contribution in [3.63, 3.8) is 0 Å². The number of hydrogen-bond donors (Lipinski definition) is 1. The number of fused-ring (bicyclic) bond motifs is 1. The minimum Gasteiger partial charge on any atom is -0.414 e. The Kier molecular flexibility index (Phi) is 7.73. The maximum absolute atomic E-state index is 10.4. The molecule has 0 saturated heterocycles. The van der Waals surface area contributed by atoms with Crippen LogP contribution in [0.2, 0.25) is 18.1 Å². The number of aliphatic hydroxyl groups excluding tert-OH is 1. The van der Waals surface area contributed by atoms with Gasteiger partial charge in [-0.2, -0.15) is 5.26 Å². The molecule has 0 spiro atoms. The molecule has 29 heavy (non-hydrogen) atoms. The summed E-state index contributed by atoms with van der Waals surface area (Å²) in [6.45, 7) is 20.6. The van der Waals surface area contributed by atoms with E-state index in [1.54, 1.807) is 0 Å². The maximum atomic E-state index is 10.4. The molecule has 2 fully saturated rings. The van der Waals surface area contributed by atoms with Crippen LogP contribution in [0.3, 0.4) is 0 Å². The van der Waals surface area contributed by atoms with Gasteiger partial charge >= 0.3 is 0 Å². The highest BCUT2D eigenvalue weighted by Crippen LogP contribution is 2.60. The van der Waals surface area contributed by atoms with E-state index < -0.39 is 8.32 Å². The molecule has 0 aromatic heterocycles. The number of aliphatic hydroxyl groups is 1. The molecule has 0 aromatic rings. The zero-order valence-electron chi connectivity index (χ0n) is 20.6. The topological polar surface area (TPSA) is 53.2 Å². The minimum absolute atomic E-state index is 0.0605. The summed E-state index contributed by atoms with van der Waals surface area (Å²) in [6.07, 6.45) is 6.74. The fourth-order valence-electron chi connectivity index (χ4n) is 5.92. The summed E-state index contributed by atoms with van der Waals surface area (Å²) in [5.41, 5.74) is 0.266. The lowest BCUT2D eigenvalue weighted by molar-refractivity contribution is -0.0271. The van der Waals surface area contributed by atoms with E-state index in [1.807, 2.05) is 13.8 Å². The third kappa shape index (κ3) is 5.10. The first-order valence-corrected chi connectivity index (χ1v) is 14.9. The first kappa shape index (κ1) is 24.9. The van der Waals surface area contributed by atoms with Gasteiger partial charge in [0.1, 0.15) is 0 Å². The van der Waals surface area contributed by atoms with Gasteiger partial charge in [-0.15, -0.1) is 0 Å². The molecule has 2 saturated carbocycles. The Hall–Kier alpha value is -0.373. The van der Waals surface area contributed by atoms with Crippen LogP contribution in [0.25, 0.3) is 0 Å². The molecule has 0 amide bonds. The summed E-state index contributed by atoms with van der Waals surface area (Å²) in [5.74, 6) is 1.65. The second-order valence-corrected chi connectivity index (χ2v) is 17.0. The molecular weight excluding hydrogens is 374 g/mol. The van der Waals surface area contributed by atoms with Crippen LogP contribution in [0.5, 0.6) is 0 Å². The van der Waals surface area contributed by atoms with Crippen LogP contribution >= 0.6 is 0 Å². The lowest BCUT2D eigenvalue weighted by Gasteiger charge is -2.50. The van der Waals surface area contributed by atoms with Crippen molar-refractivity contribution in [2.24, 2.45) is 35.0 Å². The number of hydrogen-bond acceptors (Lipinski definition) is 3. The van der Waals surface area contributed by atoms with Gasteiger partial charge in [0.05, 0.1) is 18.1 Å². The predicted octanol–water partition coefficient (Wildman–Crippen LogP) is 6.78. The van der Waals surface area contributed by atoms with Crippen LogP contribution in [-0.2, 0) is 4.43 Å². The van der Waals surface area contributed by atoms with Crippen LogP contribution in [0.1, 0.15) is 87.0 Å². The second-order valence-electron chi connectivity index (χ2n) is 12.2. The van der Waals surface area contributed by atoms with E-state index >= 15 is 0 Å². The van der Waals surface area contributed by atoms with Gasteiger partial charge in [0.2, 0.25) is 0 Å². The van der Waals surface area contributed by atoms with Crippen molar-refractivity contribution >= 4 is 8.32 Å². The van der Waals surface area contributed by atoms with Crippen molar-refractivity contribution in [1.29, 1.82) is 5.26 Å². The average Bonchev–Trinajstić information content (AvgIpc) is 2.95. The van der Waals surface area contributed by atoms with Crippen molar-refractivity contribution in [1.82, 2.24) is 0 Å². The van der Waals surface area contributed by atoms with Crippen LogP contribution in [0, 0.1) is 46.3 Å². The van der Waals surface area contributed by atoms with Crippen LogP contribution in [0.4, 0.5) is 0 Å². The Balaban J connectivity index is 2.18. The molecule has 1 N–H and O–H groups in total. The van der Waals surface area contributed by atoms with Gasteiger partial charge in [-0.05, 0) is 79.3 Å². The highest BCUT2D eigenvalue weighted by molar-refractivity contribution is 6.74. The van der Waals surface area contributed by atoms with E-state index in [0.29, 0.717) is 30.3 Å². The van der Waals surface area contributed by atoms with Crippen LogP contribution in [0.15, 0.2) is 0 Å². The smallest absolute Gasteiger partial charge is 0.192 e. The van der Waals surface area contributed by atoms with Crippen molar-refractivity contribution in [3.05, 3.63) is 0 Å². The Morgan fingerprint density at radius 2 is 1.79 bits per heavy atom. The largest absolute Gasteiger partial charge is 0.414 e. The molecule has 2 aliphatic carbocycles. The third-order valence-corrected chi connectivity index (χ3v) is 13.6. The summed E-state index contributed by atoms with van der Waals surface area (Å²) in [7, 11) is -1.78. The monoisotopic (exact) mass is 421 g/mol. The Labute approximate surface area is 181 Å². The quantitative estimate of drug-likeness (QED) is 0.461. The van der Waals surface area contributed by atoms with Gasteiger partial charge in [0.15, 0.2) is 8.32 Å². The summed E-state index contributed by atoms with van der Waals surface area (Å²) in [6, 6.07) is 2.56. The molecule has 4 heteroatoms. The normalized spacial score (nSPS) is 33.8. The summed E-state index contributed by atoms with van der Waals surface area (Å²) in [5, 5.41) is 20.5. The molecule has 168 valence electrons. The highest BCUT2D eigenvalue weighted by atomic mass is 28.4. The number of nitrogens with zero attached hydrogens (tertiary/aromatic N) is 1. The van der Waals surface area contributed by atoms with E-state index in [9.17, 15) is 10.4 Å². The fraction of sp³-hybridized carbons (Fsp3) is 0.960. The molecule has 7 atom stereocenters. The van der Waals surface area contributed by atoms with E-state index in [1.165, 1.54) is 32.1 Å². The zero-order chi connectivity index (χ0) is 22.2. The lowest BCUT2D eigenvalue weighted by atomic mass is 9.60.